The lowest BCUT2D eigenvalue weighted by atomic mass is 10.0. The van der Waals surface area contributed by atoms with Crippen LogP contribution in [-0.2, 0) is 0 Å². The molecule has 0 bridgehead atoms. The molecule has 2 heterocycles. The second-order valence-corrected chi connectivity index (χ2v) is 7.09. The zero-order valence-corrected chi connectivity index (χ0v) is 15.6. The topological polar surface area (TPSA) is 35.6 Å². The molecule has 0 aliphatic rings. The van der Waals surface area contributed by atoms with Crippen molar-refractivity contribution in [2.24, 2.45) is 0 Å². The van der Waals surface area contributed by atoms with Crippen LogP contribution >= 0.6 is 31.9 Å². The Bertz CT molecular complexity index is 895. The van der Waals surface area contributed by atoms with Gasteiger partial charge in [0.2, 0.25) is 0 Å². The van der Waals surface area contributed by atoms with Gasteiger partial charge in [0.15, 0.2) is 0 Å². The van der Waals surface area contributed by atoms with E-state index in [9.17, 15) is 0 Å². The SMILES string of the molecule is Brc1ccc(-c2ccc(Br)cc2-n2ccnc2)c(-n2ccnc2)c1. The van der Waals surface area contributed by atoms with Crippen LogP contribution in [-0.4, -0.2) is 19.1 Å². The Labute approximate surface area is 156 Å². The fraction of sp³-hybridized carbons (Fsp3) is 0. The Hall–Kier alpha value is -2.18. The highest BCUT2D eigenvalue weighted by Gasteiger charge is 2.13. The summed E-state index contributed by atoms with van der Waals surface area (Å²) in [6.07, 6.45) is 11.1. The largest absolute Gasteiger partial charge is 0.306 e. The van der Waals surface area contributed by atoms with E-state index >= 15 is 0 Å². The molecule has 0 fully saturated rings. The first-order valence-electron chi connectivity index (χ1n) is 7.28. The van der Waals surface area contributed by atoms with E-state index in [0.29, 0.717) is 0 Å². The van der Waals surface area contributed by atoms with Crippen molar-refractivity contribution in [1.82, 2.24) is 19.1 Å². The average Bonchev–Trinajstić information content (AvgIpc) is 3.29. The first kappa shape index (κ1) is 15.4. The predicted octanol–water partition coefficient (Wildman–Crippen LogP) is 5.25. The van der Waals surface area contributed by atoms with Gasteiger partial charge in [-0.05, 0) is 24.3 Å². The Morgan fingerprint density at radius 3 is 1.50 bits per heavy atom. The summed E-state index contributed by atoms with van der Waals surface area (Å²) < 4.78 is 6.08. The van der Waals surface area contributed by atoms with Gasteiger partial charge in [-0.2, -0.15) is 0 Å². The monoisotopic (exact) mass is 442 g/mol. The molecule has 0 radical (unpaired) electrons. The number of aromatic nitrogens is 4. The maximum atomic E-state index is 4.17. The highest BCUT2D eigenvalue weighted by molar-refractivity contribution is 9.10. The Morgan fingerprint density at radius 2 is 1.12 bits per heavy atom. The lowest BCUT2D eigenvalue weighted by molar-refractivity contribution is 1.04. The minimum Gasteiger partial charge on any atom is -0.306 e. The van der Waals surface area contributed by atoms with E-state index in [1.807, 2.05) is 21.5 Å². The summed E-state index contributed by atoms with van der Waals surface area (Å²) in [5.41, 5.74) is 4.36. The third kappa shape index (κ3) is 2.83. The summed E-state index contributed by atoms with van der Waals surface area (Å²) in [6.45, 7) is 0. The summed E-state index contributed by atoms with van der Waals surface area (Å²) in [5, 5.41) is 0. The van der Waals surface area contributed by atoms with Gasteiger partial charge < -0.3 is 9.13 Å². The highest BCUT2D eigenvalue weighted by atomic mass is 79.9. The van der Waals surface area contributed by atoms with E-state index in [0.717, 1.165) is 31.4 Å². The van der Waals surface area contributed by atoms with Crippen LogP contribution < -0.4 is 0 Å². The summed E-state index contributed by atoms with van der Waals surface area (Å²) in [4.78, 5) is 8.35. The molecule has 0 amide bonds. The fourth-order valence-electron chi connectivity index (χ4n) is 2.70. The number of halogens is 2. The molecule has 2 aromatic heterocycles. The Balaban J connectivity index is 1.98. The van der Waals surface area contributed by atoms with E-state index in [2.05, 4.69) is 78.2 Å². The maximum absolute atomic E-state index is 4.17. The van der Waals surface area contributed by atoms with Crippen LogP contribution in [0, 0.1) is 0 Å². The van der Waals surface area contributed by atoms with Crippen LogP contribution in [0.3, 0.4) is 0 Å². The molecule has 4 aromatic rings. The molecule has 24 heavy (non-hydrogen) atoms. The predicted molar refractivity (Wildman–Crippen MR) is 102 cm³/mol. The summed E-state index contributed by atoms with van der Waals surface area (Å²) in [6, 6.07) is 12.5. The van der Waals surface area contributed by atoms with Gasteiger partial charge >= 0.3 is 0 Å². The van der Waals surface area contributed by atoms with Crippen molar-refractivity contribution in [2.75, 3.05) is 0 Å². The van der Waals surface area contributed by atoms with Crippen molar-refractivity contribution >= 4 is 31.9 Å². The molecule has 0 saturated heterocycles. The third-order valence-corrected chi connectivity index (χ3v) is 4.76. The van der Waals surface area contributed by atoms with Crippen LogP contribution in [0.25, 0.3) is 22.5 Å². The van der Waals surface area contributed by atoms with Gasteiger partial charge in [-0.1, -0.05) is 44.0 Å². The lowest BCUT2D eigenvalue weighted by Gasteiger charge is -2.16. The highest BCUT2D eigenvalue weighted by Crippen LogP contribution is 2.35. The van der Waals surface area contributed by atoms with Crippen molar-refractivity contribution < 1.29 is 0 Å². The minimum absolute atomic E-state index is 1.02. The van der Waals surface area contributed by atoms with Gasteiger partial charge in [-0.15, -0.1) is 0 Å². The molecule has 4 nitrogen and oxygen atoms in total. The molecular formula is C18H12Br2N4. The van der Waals surface area contributed by atoms with Crippen LogP contribution in [0.1, 0.15) is 0 Å². The van der Waals surface area contributed by atoms with E-state index < -0.39 is 0 Å². The molecule has 2 aromatic carbocycles. The van der Waals surface area contributed by atoms with Gasteiger partial charge in [0.05, 0.1) is 24.0 Å². The molecule has 6 heteroatoms. The fourth-order valence-corrected chi connectivity index (χ4v) is 3.39. The number of benzene rings is 2. The number of rotatable bonds is 3. The second-order valence-electron chi connectivity index (χ2n) is 5.26. The Morgan fingerprint density at radius 1 is 0.667 bits per heavy atom. The number of nitrogens with zero attached hydrogens (tertiary/aromatic N) is 4. The molecular weight excluding hydrogens is 432 g/mol. The van der Waals surface area contributed by atoms with E-state index in [1.54, 1.807) is 25.0 Å². The average molecular weight is 444 g/mol. The maximum Gasteiger partial charge on any atom is 0.0991 e. The minimum atomic E-state index is 1.02. The quantitative estimate of drug-likeness (QED) is 0.433. The molecule has 0 aliphatic heterocycles. The van der Waals surface area contributed by atoms with Crippen LogP contribution in [0.5, 0.6) is 0 Å². The standard InChI is InChI=1S/C18H12Br2N4/c19-13-1-3-15(17(9-13)23-7-5-21-11-23)16-4-2-14(20)10-18(16)24-8-6-22-12-24/h1-12H. The Kier molecular flexibility index (Phi) is 4.08. The van der Waals surface area contributed by atoms with Gasteiger partial charge in [-0.25, -0.2) is 9.97 Å². The van der Waals surface area contributed by atoms with Crippen LogP contribution in [0.15, 0.2) is 82.8 Å². The van der Waals surface area contributed by atoms with E-state index in [-0.39, 0.29) is 0 Å². The third-order valence-electron chi connectivity index (χ3n) is 3.77. The molecule has 0 spiro atoms. The first-order chi connectivity index (χ1) is 11.7. The molecule has 0 unspecified atom stereocenters. The molecule has 0 aliphatic carbocycles. The summed E-state index contributed by atoms with van der Waals surface area (Å²) >= 11 is 7.13. The molecule has 118 valence electrons. The van der Waals surface area contributed by atoms with Crippen molar-refractivity contribution in [2.45, 2.75) is 0 Å². The smallest absolute Gasteiger partial charge is 0.0991 e. The zero-order valence-electron chi connectivity index (χ0n) is 12.5. The summed E-state index contributed by atoms with van der Waals surface area (Å²) in [5.74, 6) is 0. The number of hydrogen-bond donors (Lipinski definition) is 0. The van der Waals surface area contributed by atoms with Crippen molar-refractivity contribution in [3.63, 3.8) is 0 Å². The first-order valence-corrected chi connectivity index (χ1v) is 8.87. The van der Waals surface area contributed by atoms with Gasteiger partial charge in [0, 0.05) is 44.9 Å². The van der Waals surface area contributed by atoms with Gasteiger partial charge in [0.1, 0.15) is 0 Å². The van der Waals surface area contributed by atoms with Gasteiger partial charge in [-0.3, -0.25) is 0 Å². The van der Waals surface area contributed by atoms with E-state index in [4.69, 9.17) is 0 Å². The van der Waals surface area contributed by atoms with Crippen molar-refractivity contribution in [3.8, 4) is 22.5 Å². The molecule has 4 rings (SSSR count). The zero-order chi connectivity index (χ0) is 16.5. The lowest BCUT2D eigenvalue weighted by Crippen LogP contribution is -1.99. The van der Waals surface area contributed by atoms with Crippen LogP contribution in [0.4, 0.5) is 0 Å². The van der Waals surface area contributed by atoms with E-state index in [1.165, 1.54) is 0 Å². The molecule has 0 N–H and O–H groups in total. The van der Waals surface area contributed by atoms with Gasteiger partial charge in [0.25, 0.3) is 0 Å². The van der Waals surface area contributed by atoms with Crippen molar-refractivity contribution in [3.05, 3.63) is 82.8 Å². The van der Waals surface area contributed by atoms with Crippen molar-refractivity contribution in [1.29, 1.82) is 0 Å². The number of imidazole rings is 2. The van der Waals surface area contributed by atoms with Crippen LogP contribution in [0.2, 0.25) is 0 Å². The second kappa shape index (κ2) is 6.37. The normalized spacial score (nSPS) is 10.9. The molecule has 0 atom stereocenters. The number of hydrogen-bond acceptors (Lipinski definition) is 2. The summed E-state index contributed by atoms with van der Waals surface area (Å²) in [7, 11) is 0. The molecule has 0 saturated carbocycles.